The Kier molecular flexibility index (Phi) is 6.49. The highest BCUT2D eigenvalue weighted by atomic mass is 32.1. The van der Waals surface area contributed by atoms with Crippen LogP contribution in [0, 0.1) is 5.92 Å². The molecule has 6 heteroatoms. The van der Waals surface area contributed by atoms with Crippen molar-refractivity contribution in [1.82, 2.24) is 9.80 Å². The van der Waals surface area contributed by atoms with Crippen LogP contribution in [0.1, 0.15) is 52.8 Å². The Labute approximate surface area is 176 Å². The summed E-state index contributed by atoms with van der Waals surface area (Å²) in [5.41, 5.74) is 1.47. The third kappa shape index (κ3) is 4.99. The highest BCUT2D eigenvalue weighted by Crippen LogP contribution is 2.22. The van der Waals surface area contributed by atoms with Crippen LogP contribution < -0.4 is 4.74 Å². The molecule has 3 heterocycles. The molecule has 2 saturated heterocycles. The van der Waals surface area contributed by atoms with Crippen LogP contribution in [-0.4, -0.2) is 54.4 Å². The van der Waals surface area contributed by atoms with Gasteiger partial charge in [-0.3, -0.25) is 9.59 Å². The molecule has 1 atom stereocenters. The molecule has 2 fully saturated rings. The van der Waals surface area contributed by atoms with E-state index in [1.807, 2.05) is 50.9 Å². The van der Waals surface area contributed by atoms with Gasteiger partial charge in [0.15, 0.2) is 0 Å². The lowest BCUT2D eigenvalue weighted by molar-refractivity contribution is 0.0632. The average molecular weight is 413 g/mol. The second-order valence-corrected chi connectivity index (χ2v) is 8.74. The fourth-order valence-corrected chi connectivity index (χ4v) is 4.80. The van der Waals surface area contributed by atoms with Crippen molar-refractivity contribution in [2.75, 3.05) is 32.8 Å². The number of hydrogen-bond donors (Lipinski definition) is 0. The van der Waals surface area contributed by atoms with Crippen LogP contribution in [0.25, 0.3) is 0 Å². The third-order valence-corrected chi connectivity index (χ3v) is 6.47. The maximum atomic E-state index is 12.7. The van der Waals surface area contributed by atoms with Crippen LogP contribution in [0.2, 0.25) is 0 Å². The zero-order valence-electron chi connectivity index (χ0n) is 16.7. The van der Waals surface area contributed by atoms with Crippen molar-refractivity contribution in [3.63, 3.8) is 0 Å². The Balaban J connectivity index is 1.33. The summed E-state index contributed by atoms with van der Waals surface area (Å²) < 4.78 is 6.04. The highest BCUT2D eigenvalue weighted by Gasteiger charge is 2.25. The van der Waals surface area contributed by atoms with Crippen molar-refractivity contribution in [1.29, 1.82) is 0 Å². The second kappa shape index (κ2) is 9.44. The summed E-state index contributed by atoms with van der Waals surface area (Å²) in [5.74, 6) is 1.26. The van der Waals surface area contributed by atoms with Gasteiger partial charge in [-0.15, -0.1) is 0 Å². The van der Waals surface area contributed by atoms with Gasteiger partial charge in [0.2, 0.25) is 0 Å². The Bertz CT molecular complexity index is 830. The van der Waals surface area contributed by atoms with Crippen molar-refractivity contribution in [3.05, 3.63) is 52.2 Å². The molecule has 0 N–H and O–H groups in total. The minimum Gasteiger partial charge on any atom is -0.493 e. The average Bonchev–Trinajstić information content (AvgIpc) is 3.33. The Hall–Kier alpha value is -2.34. The molecule has 0 aliphatic carbocycles. The smallest absolute Gasteiger partial charge is 0.254 e. The summed E-state index contributed by atoms with van der Waals surface area (Å²) in [7, 11) is 0. The lowest BCUT2D eigenvalue weighted by atomic mass is 9.98. The molecule has 2 aromatic rings. The van der Waals surface area contributed by atoms with Crippen molar-refractivity contribution >= 4 is 23.2 Å². The van der Waals surface area contributed by atoms with Gasteiger partial charge in [-0.2, -0.15) is 11.3 Å². The van der Waals surface area contributed by atoms with E-state index in [4.69, 9.17) is 4.74 Å². The van der Waals surface area contributed by atoms with Gasteiger partial charge in [0, 0.05) is 43.0 Å². The van der Waals surface area contributed by atoms with Gasteiger partial charge in [0.25, 0.3) is 11.8 Å². The summed E-state index contributed by atoms with van der Waals surface area (Å²) in [5, 5.41) is 3.85. The van der Waals surface area contributed by atoms with Gasteiger partial charge in [0.1, 0.15) is 5.75 Å². The van der Waals surface area contributed by atoms with Crippen LogP contribution in [-0.2, 0) is 0 Å². The summed E-state index contributed by atoms with van der Waals surface area (Å²) >= 11 is 1.55. The van der Waals surface area contributed by atoms with E-state index in [0.29, 0.717) is 18.1 Å². The minimum absolute atomic E-state index is 0.0975. The summed E-state index contributed by atoms with van der Waals surface area (Å²) in [6.07, 6.45) is 5.44. The molecule has 1 aromatic heterocycles. The molecular formula is C23H28N2O3S. The number of amides is 2. The Morgan fingerprint density at radius 3 is 2.55 bits per heavy atom. The molecule has 5 nitrogen and oxygen atoms in total. The Morgan fingerprint density at radius 1 is 0.966 bits per heavy atom. The maximum Gasteiger partial charge on any atom is 0.254 e. The van der Waals surface area contributed by atoms with E-state index in [9.17, 15) is 9.59 Å². The SMILES string of the molecule is O=C(c1cccc(OC[C@@H]2CCCN(C(=O)c3ccsc3)C2)c1)N1CCCCC1. The van der Waals surface area contributed by atoms with Gasteiger partial charge < -0.3 is 14.5 Å². The topological polar surface area (TPSA) is 49.9 Å². The van der Waals surface area contributed by atoms with E-state index in [-0.39, 0.29) is 11.8 Å². The van der Waals surface area contributed by atoms with Crippen molar-refractivity contribution < 1.29 is 14.3 Å². The lowest BCUT2D eigenvalue weighted by Crippen LogP contribution is -2.41. The van der Waals surface area contributed by atoms with Crippen LogP contribution in [0.4, 0.5) is 0 Å². The number of ether oxygens (including phenoxy) is 1. The molecule has 0 spiro atoms. The van der Waals surface area contributed by atoms with Crippen molar-refractivity contribution in [2.24, 2.45) is 5.92 Å². The quantitative estimate of drug-likeness (QED) is 0.735. The van der Waals surface area contributed by atoms with Crippen LogP contribution in [0.5, 0.6) is 5.75 Å². The van der Waals surface area contributed by atoms with Gasteiger partial charge in [-0.1, -0.05) is 6.07 Å². The first kappa shape index (κ1) is 20.0. The first-order valence-corrected chi connectivity index (χ1v) is 11.5. The molecular weight excluding hydrogens is 384 g/mol. The molecule has 2 aliphatic heterocycles. The van der Waals surface area contributed by atoms with Gasteiger partial charge >= 0.3 is 0 Å². The number of piperidine rings is 2. The predicted octanol–water partition coefficient (Wildman–Crippen LogP) is 4.31. The summed E-state index contributed by atoms with van der Waals surface area (Å²) in [6.45, 7) is 3.79. The zero-order valence-corrected chi connectivity index (χ0v) is 17.5. The van der Waals surface area contributed by atoms with Crippen LogP contribution in [0.3, 0.4) is 0 Å². The standard InChI is InChI=1S/C23H28N2O3S/c26-22(24-10-2-1-3-11-24)19-7-4-8-21(14-19)28-16-18-6-5-12-25(15-18)23(27)20-9-13-29-17-20/h4,7-9,13-14,17-18H,1-3,5-6,10-12,15-16H2/t18-/m1/s1. The lowest BCUT2D eigenvalue weighted by Gasteiger charge is -2.32. The molecule has 0 radical (unpaired) electrons. The zero-order chi connectivity index (χ0) is 20.1. The van der Waals surface area contributed by atoms with E-state index in [0.717, 1.165) is 63.2 Å². The molecule has 154 valence electrons. The van der Waals surface area contributed by atoms with Gasteiger partial charge in [0.05, 0.1) is 12.2 Å². The van der Waals surface area contributed by atoms with E-state index in [1.165, 1.54) is 6.42 Å². The number of hydrogen-bond acceptors (Lipinski definition) is 4. The number of likely N-dealkylation sites (tertiary alicyclic amines) is 2. The van der Waals surface area contributed by atoms with Crippen molar-refractivity contribution in [3.8, 4) is 5.75 Å². The number of benzene rings is 1. The van der Waals surface area contributed by atoms with Crippen LogP contribution in [0.15, 0.2) is 41.1 Å². The molecule has 2 amide bonds. The fourth-order valence-electron chi connectivity index (χ4n) is 4.17. The normalized spacial score (nSPS) is 19.8. The summed E-state index contributed by atoms with van der Waals surface area (Å²) in [6, 6.07) is 9.40. The third-order valence-electron chi connectivity index (χ3n) is 5.78. The predicted molar refractivity (Wildman–Crippen MR) is 115 cm³/mol. The van der Waals surface area contributed by atoms with E-state index < -0.39 is 0 Å². The van der Waals surface area contributed by atoms with E-state index in [1.54, 1.807) is 11.3 Å². The number of thiophene rings is 1. The number of carbonyl (C=O) groups is 2. The summed E-state index contributed by atoms with van der Waals surface area (Å²) in [4.78, 5) is 29.2. The highest BCUT2D eigenvalue weighted by molar-refractivity contribution is 7.08. The number of carbonyl (C=O) groups excluding carboxylic acids is 2. The number of rotatable bonds is 5. The molecule has 4 rings (SSSR count). The molecule has 2 aliphatic rings. The second-order valence-electron chi connectivity index (χ2n) is 7.96. The molecule has 0 unspecified atom stereocenters. The molecule has 0 saturated carbocycles. The van der Waals surface area contributed by atoms with Crippen molar-refractivity contribution in [2.45, 2.75) is 32.1 Å². The molecule has 1 aromatic carbocycles. The van der Waals surface area contributed by atoms with Gasteiger partial charge in [-0.25, -0.2) is 0 Å². The minimum atomic E-state index is 0.0975. The molecule has 0 bridgehead atoms. The van der Waals surface area contributed by atoms with Gasteiger partial charge in [-0.05, 0) is 61.7 Å². The first-order chi connectivity index (χ1) is 14.2. The molecule has 29 heavy (non-hydrogen) atoms. The van der Waals surface area contributed by atoms with E-state index >= 15 is 0 Å². The maximum absolute atomic E-state index is 12.7. The van der Waals surface area contributed by atoms with Crippen LogP contribution >= 0.6 is 11.3 Å². The monoisotopic (exact) mass is 412 g/mol. The number of nitrogens with zero attached hydrogens (tertiary/aromatic N) is 2. The fraction of sp³-hybridized carbons (Fsp3) is 0.478. The Morgan fingerprint density at radius 2 is 1.76 bits per heavy atom. The largest absolute Gasteiger partial charge is 0.493 e. The first-order valence-electron chi connectivity index (χ1n) is 10.5. The van der Waals surface area contributed by atoms with E-state index in [2.05, 4.69) is 0 Å².